The van der Waals surface area contributed by atoms with E-state index in [9.17, 15) is 22.6 Å². The fourth-order valence-corrected chi connectivity index (χ4v) is 4.94. The average molecular weight is 420 g/mol. The molecule has 0 amide bonds. The van der Waals surface area contributed by atoms with Crippen molar-refractivity contribution in [2.75, 3.05) is 0 Å². The molecule has 7 nitrogen and oxygen atoms in total. The van der Waals surface area contributed by atoms with Crippen molar-refractivity contribution < 1.29 is 13.0 Å². The van der Waals surface area contributed by atoms with E-state index >= 15 is 0 Å². The lowest BCUT2D eigenvalue weighted by Gasteiger charge is -2.12. The van der Waals surface area contributed by atoms with Crippen molar-refractivity contribution in [3.8, 4) is 0 Å². The van der Waals surface area contributed by atoms with Crippen molar-refractivity contribution in [1.29, 1.82) is 0 Å². The fraction of sp³-hybridized carbons (Fsp3) is 0.0909. The standard InChI is InChI=1S/C22H16N2O5S/c1-10-17(30(27,28)29)8-7-13-19(10)24-20-11(2)18-16(9-14(20)21(13)25)23-15-6-4-3-5-12(15)22(18)26/h3-9H,1-2H3,(H,23,26)(H,24,25)(H,27,28,29). The zero-order valence-electron chi connectivity index (χ0n) is 16.0. The van der Waals surface area contributed by atoms with Gasteiger partial charge in [0.25, 0.3) is 10.1 Å². The molecule has 8 heteroatoms. The zero-order valence-corrected chi connectivity index (χ0v) is 16.8. The lowest BCUT2D eigenvalue weighted by Crippen LogP contribution is -2.11. The number of rotatable bonds is 1. The summed E-state index contributed by atoms with van der Waals surface area (Å²) in [6.07, 6.45) is 0. The number of hydrogen-bond acceptors (Lipinski definition) is 4. The predicted octanol–water partition coefficient (Wildman–Crippen LogP) is 3.54. The molecule has 0 aliphatic heterocycles. The van der Waals surface area contributed by atoms with Gasteiger partial charge >= 0.3 is 0 Å². The second-order valence-electron chi connectivity index (χ2n) is 7.39. The maximum atomic E-state index is 13.2. The van der Waals surface area contributed by atoms with Crippen molar-refractivity contribution in [2.24, 2.45) is 0 Å². The highest BCUT2D eigenvalue weighted by atomic mass is 32.2. The number of aromatic amines is 2. The fourth-order valence-electron chi connectivity index (χ4n) is 4.21. The Morgan fingerprint density at radius 2 is 1.47 bits per heavy atom. The summed E-state index contributed by atoms with van der Waals surface area (Å²) in [5, 5.41) is 1.69. The highest BCUT2D eigenvalue weighted by Crippen LogP contribution is 2.28. The molecule has 2 aromatic heterocycles. The summed E-state index contributed by atoms with van der Waals surface area (Å²) in [5.74, 6) is 0. The molecule has 5 rings (SSSR count). The summed E-state index contributed by atoms with van der Waals surface area (Å²) in [6, 6.07) is 11.4. The van der Waals surface area contributed by atoms with Crippen molar-refractivity contribution in [3.63, 3.8) is 0 Å². The van der Waals surface area contributed by atoms with E-state index in [-0.39, 0.29) is 21.3 Å². The summed E-state index contributed by atoms with van der Waals surface area (Å²) >= 11 is 0. The predicted molar refractivity (Wildman–Crippen MR) is 117 cm³/mol. The molecule has 5 aromatic rings. The summed E-state index contributed by atoms with van der Waals surface area (Å²) in [7, 11) is -4.44. The number of H-pyrrole nitrogens is 2. The first-order valence-electron chi connectivity index (χ1n) is 9.19. The van der Waals surface area contributed by atoms with Gasteiger partial charge in [-0.1, -0.05) is 12.1 Å². The molecule has 2 heterocycles. The van der Waals surface area contributed by atoms with E-state index in [1.807, 2.05) is 6.07 Å². The molecule has 0 bridgehead atoms. The number of nitrogens with one attached hydrogen (secondary N) is 2. The van der Waals surface area contributed by atoms with Gasteiger partial charge in [-0.15, -0.1) is 0 Å². The van der Waals surface area contributed by atoms with Crippen molar-refractivity contribution in [1.82, 2.24) is 9.97 Å². The topological polar surface area (TPSA) is 120 Å². The van der Waals surface area contributed by atoms with Crippen LogP contribution >= 0.6 is 0 Å². The molecule has 0 spiro atoms. The van der Waals surface area contributed by atoms with Crippen LogP contribution in [0.3, 0.4) is 0 Å². The summed E-state index contributed by atoms with van der Waals surface area (Å²) < 4.78 is 32.8. The van der Waals surface area contributed by atoms with Gasteiger partial charge in [0.05, 0.1) is 26.8 Å². The summed E-state index contributed by atoms with van der Waals surface area (Å²) in [6.45, 7) is 3.27. The Morgan fingerprint density at radius 3 is 2.20 bits per heavy atom. The Bertz CT molecular complexity index is 1780. The van der Waals surface area contributed by atoms with E-state index in [0.717, 1.165) is 0 Å². The number of aryl methyl sites for hydroxylation is 2. The number of para-hydroxylation sites is 1. The quantitative estimate of drug-likeness (QED) is 0.283. The normalized spacial score (nSPS) is 12.4. The Hall–Kier alpha value is -3.49. The maximum Gasteiger partial charge on any atom is 0.294 e. The third-order valence-electron chi connectivity index (χ3n) is 5.68. The van der Waals surface area contributed by atoms with Gasteiger partial charge < -0.3 is 9.97 Å². The van der Waals surface area contributed by atoms with Crippen molar-refractivity contribution in [2.45, 2.75) is 18.7 Å². The van der Waals surface area contributed by atoms with E-state index in [4.69, 9.17) is 0 Å². The molecule has 30 heavy (non-hydrogen) atoms. The molecular formula is C22H16N2O5S. The van der Waals surface area contributed by atoms with Gasteiger partial charge in [-0.2, -0.15) is 8.42 Å². The van der Waals surface area contributed by atoms with Crippen LogP contribution in [-0.4, -0.2) is 22.9 Å². The van der Waals surface area contributed by atoms with Crippen LogP contribution in [0.1, 0.15) is 11.1 Å². The number of pyridine rings is 2. The van der Waals surface area contributed by atoms with Gasteiger partial charge in [-0.25, -0.2) is 0 Å². The highest BCUT2D eigenvalue weighted by Gasteiger charge is 2.19. The molecule has 0 unspecified atom stereocenters. The van der Waals surface area contributed by atoms with Gasteiger partial charge in [0.15, 0.2) is 10.9 Å². The highest BCUT2D eigenvalue weighted by molar-refractivity contribution is 7.85. The Balaban J connectivity index is 2.03. The first-order chi connectivity index (χ1) is 14.2. The smallest absolute Gasteiger partial charge is 0.294 e. The molecule has 0 radical (unpaired) electrons. The summed E-state index contributed by atoms with van der Waals surface area (Å²) in [5.41, 5.74) is 2.38. The third-order valence-corrected chi connectivity index (χ3v) is 6.68. The van der Waals surface area contributed by atoms with Gasteiger partial charge in [0, 0.05) is 21.7 Å². The molecule has 0 aliphatic rings. The first-order valence-corrected chi connectivity index (χ1v) is 10.6. The van der Waals surface area contributed by atoms with Crippen LogP contribution in [0.4, 0.5) is 0 Å². The van der Waals surface area contributed by atoms with Crippen LogP contribution in [0.5, 0.6) is 0 Å². The Kier molecular flexibility index (Phi) is 3.71. The van der Waals surface area contributed by atoms with E-state index < -0.39 is 10.1 Å². The lowest BCUT2D eigenvalue weighted by atomic mass is 10.00. The SMILES string of the molecule is Cc1c(S(=O)(=O)O)ccc2c(=O)c3cc4[nH]c5ccccc5c(=O)c4c(C)c3[nH]c12. The molecule has 0 atom stereocenters. The second-order valence-corrected chi connectivity index (χ2v) is 8.78. The molecule has 0 saturated heterocycles. The lowest BCUT2D eigenvalue weighted by molar-refractivity contribution is 0.482. The molecule has 3 aromatic carbocycles. The largest absolute Gasteiger partial charge is 0.354 e. The van der Waals surface area contributed by atoms with Crippen LogP contribution in [0.2, 0.25) is 0 Å². The maximum absolute atomic E-state index is 13.2. The third kappa shape index (κ3) is 2.44. The first kappa shape index (κ1) is 18.5. The van der Waals surface area contributed by atoms with Crippen LogP contribution < -0.4 is 10.9 Å². The van der Waals surface area contributed by atoms with E-state index in [1.54, 1.807) is 31.2 Å². The van der Waals surface area contributed by atoms with E-state index in [2.05, 4.69) is 9.97 Å². The monoisotopic (exact) mass is 420 g/mol. The van der Waals surface area contributed by atoms with Gasteiger partial charge in [-0.05, 0) is 55.3 Å². The minimum Gasteiger partial charge on any atom is -0.354 e. The average Bonchev–Trinajstić information content (AvgIpc) is 2.69. The molecule has 0 saturated carbocycles. The Morgan fingerprint density at radius 1 is 0.767 bits per heavy atom. The van der Waals surface area contributed by atoms with Gasteiger partial charge in [0.1, 0.15) is 0 Å². The molecular weight excluding hydrogens is 404 g/mol. The van der Waals surface area contributed by atoms with Crippen molar-refractivity contribution >= 4 is 53.7 Å². The zero-order chi connectivity index (χ0) is 21.4. The Labute approximate surface area is 169 Å². The van der Waals surface area contributed by atoms with E-state index in [0.29, 0.717) is 49.2 Å². The summed E-state index contributed by atoms with van der Waals surface area (Å²) in [4.78, 5) is 32.5. The van der Waals surface area contributed by atoms with Crippen LogP contribution in [-0.2, 0) is 10.1 Å². The molecule has 3 N–H and O–H groups in total. The van der Waals surface area contributed by atoms with Gasteiger partial charge in [0.2, 0.25) is 0 Å². The molecule has 0 aliphatic carbocycles. The van der Waals surface area contributed by atoms with Gasteiger partial charge in [-0.3, -0.25) is 14.1 Å². The molecule has 150 valence electrons. The number of benzene rings is 3. The number of fused-ring (bicyclic) bond motifs is 4. The van der Waals surface area contributed by atoms with Crippen LogP contribution in [0.15, 0.2) is 56.9 Å². The van der Waals surface area contributed by atoms with E-state index in [1.165, 1.54) is 19.1 Å². The second kappa shape index (κ2) is 6.01. The van der Waals surface area contributed by atoms with Crippen LogP contribution in [0, 0.1) is 13.8 Å². The molecule has 0 fully saturated rings. The van der Waals surface area contributed by atoms with Crippen LogP contribution in [0.25, 0.3) is 43.6 Å². The minimum absolute atomic E-state index is 0.150. The number of aromatic nitrogens is 2. The minimum atomic E-state index is -4.44. The van der Waals surface area contributed by atoms with Crippen molar-refractivity contribution in [3.05, 3.63) is 74.0 Å². The number of hydrogen-bond donors (Lipinski definition) is 3.